The largest absolute Gasteiger partial charge is 0.459 e. The van der Waals surface area contributed by atoms with Gasteiger partial charge < -0.3 is 10.1 Å². The van der Waals surface area contributed by atoms with Gasteiger partial charge in [-0.1, -0.05) is 27.7 Å². The highest BCUT2D eigenvalue weighted by atomic mass is 32.2. The first-order chi connectivity index (χ1) is 11.8. The van der Waals surface area contributed by atoms with E-state index in [0.29, 0.717) is 6.07 Å². The summed E-state index contributed by atoms with van der Waals surface area (Å²) in [6, 6.07) is 1.93. The van der Waals surface area contributed by atoms with Crippen molar-refractivity contribution in [3.63, 3.8) is 0 Å². The number of rotatable bonds is 6. The van der Waals surface area contributed by atoms with E-state index in [4.69, 9.17) is 4.74 Å². The number of thioether (sulfide) groups is 1. The van der Waals surface area contributed by atoms with Crippen molar-refractivity contribution in [2.45, 2.75) is 64.2 Å². The molecule has 1 atom stereocenters. The van der Waals surface area contributed by atoms with Crippen LogP contribution in [0.3, 0.4) is 0 Å². The summed E-state index contributed by atoms with van der Waals surface area (Å²) in [6.07, 6.45) is 0. The van der Waals surface area contributed by atoms with E-state index in [9.17, 15) is 18.4 Å². The summed E-state index contributed by atoms with van der Waals surface area (Å²) in [5, 5.41) is 1.77. The molecule has 0 spiro atoms. The second-order valence-electron chi connectivity index (χ2n) is 7.72. The van der Waals surface area contributed by atoms with E-state index in [1.807, 2.05) is 13.8 Å². The number of hydrogen-bond acceptors (Lipinski definition) is 4. The van der Waals surface area contributed by atoms with Gasteiger partial charge in [0.2, 0.25) is 5.91 Å². The summed E-state index contributed by atoms with van der Waals surface area (Å²) in [6.45, 7) is 12.3. The van der Waals surface area contributed by atoms with Crippen LogP contribution in [0.5, 0.6) is 0 Å². The Kier molecular flexibility index (Phi) is 7.62. The van der Waals surface area contributed by atoms with Gasteiger partial charge in [0.1, 0.15) is 22.5 Å². The van der Waals surface area contributed by atoms with Gasteiger partial charge in [-0.25, -0.2) is 8.78 Å². The number of carbonyl (C=O) groups excluding carboxylic acids is 2. The highest BCUT2D eigenvalue weighted by Crippen LogP contribution is 2.34. The number of hydrogen-bond donors (Lipinski definition) is 1. The van der Waals surface area contributed by atoms with Crippen LogP contribution in [0, 0.1) is 23.5 Å². The minimum Gasteiger partial charge on any atom is -0.459 e. The van der Waals surface area contributed by atoms with Crippen molar-refractivity contribution in [1.82, 2.24) is 0 Å². The number of anilines is 1. The number of benzene rings is 1. The van der Waals surface area contributed by atoms with Crippen molar-refractivity contribution in [2.24, 2.45) is 11.8 Å². The lowest BCUT2D eigenvalue weighted by Crippen LogP contribution is -2.33. The zero-order valence-electron chi connectivity index (χ0n) is 16.3. The Labute approximate surface area is 158 Å². The van der Waals surface area contributed by atoms with Crippen LogP contribution in [0.2, 0.25) is 0 Å². The van der Waals surface area contributed by atoms with Gasteiger partial charge >= 0.3 is 5.97 Å². The highest BCUT2D eigenvalue weighted by molar-refractivity contribution is 8.00. The molecule has 0 fully saturated rings. The third kappa shape index (κ3) is 6.59. The van der Waals surface area contributed by atoms with E-state index in [-0.39, 0.29) is 28.3 Å². The fraction of sp³-hybridized carbons (Fsp3) is 0.579. The Balaban J connectivity index is 3.12. The molecule has 26 heavy (non-hydrogen) atoms. The van der Waals surface area contributed by atoms with Crippen molar-refractivity contribution >= 4 is 29.3 Å². The summed E-state index contributed by atoms with van der Waals surface area (Å²) in [5.74, 6) is -2.97. The topological polar surface area (TPSA) is 55.4 Å². The molecule has 1 amide bonds. The van der Waals surface area contributed by atoms with Gasteiger partial charge in [0.05, 0.1) is 5.69 Å². The summed E-state index contributed by atoms with van der Waals surface area (Å²) in [7, 11) is 0. The van der Waals surface area contributed by atoms with E-state index < -0.39 is 28.5 Å². The molecule has 0 aliphatic rings. The first-order valence-electron chi connectivity index (χ1n) is 8.51. The summed E-state index contributed by atoms with van der Waals surface area (Å²) in [4.78, 5) is 24.3. The molecule has 0 radical (unpaired) electrons. The molecule has 0 saturated heterocycles. The lowest BCUT2D eigenvalue weighted by atomic mass is 10.1. The van der Waals surface area contributed by atoms with Crippen molar-refractivity contribution in [2.75, 3.05) is 5.32 Å². The van der Waals surface area contributed by atoms with Crippen molar-refractivity contribution in [3.8, 4) is 0 Å². The molecule has 1 aromatic carbocycles. The summed E-state index contributed by atoms with van der Waals surface area (Å²) >= 11 is 0.963. The number of nitrogens with one attached hydrogen (secondary N) is 1. The molecule has 1 N–H and O–H groups in total. The van der Waals surface area contributed by atoms with Crippen LogP contribution in [0.15, 0.2) is 17.0 Å². The highest BCUT2D eigenvalue weighted by Gasteiger charge is 2.30. The average molecular weight is 387 g/mol. The monoisotopic (exact) mass is 387 g/mol. The quantitative estimate of drug-likeness (QED) is 0.550. The van der Waals surface area contributed by atoms with Crippen LogP contribution >= 0.6 is 11.8 Å². The second kappa shape index (κ2) is 8.84. The van der Waals surface area contributed by atoms with Crippen molar-refractivity contribution in [3.05, 3.63) is 23.8 Å². The van der Waals surface area contributed by atoms with E-state index >= 15 is 0 Å². The second-order valence-corrected chi connectivity index (χ2v) is 8.91. The van der Waals surface area contributed by atoms with Gasteiger partial charge in [-0.2, -0.15) is 0 Å². The first-order valence-corrected chi connectivity index (χ1v) is 9.39. The van der Waals surface area contributed by atoms with Crippen LogP contribution in [0.1, 0.15) is 48.5 Å². The molecule has 0 saturated carbocycles. The molecule has 146 valence electrons. The van der Waals surface area contributed by atoms with Crippen LogP contribution in [0.25, 0.3) is 0 Å². The zero-order valence-corrected chi connectivity index (χ0v) is 17.1. The number of halogens is 2. The van der Waals surface area contributed by atoms with E-state index in [1.165, 1.54) is 6.07 Å². The number of amides is 1. The molecule has 1 aromatic rings. The fourth-order valence-electron chi connectivity index (χ4n) is 1.95. The van der Waals surface area contributed by atoms with E-state index in [1.54, 1.807) is 34.6 Å². The third-order valence-electron chi connectivity index (χ3n) is 3.30. The maximum absolute atomic E-state index is 14.2. The molecule has 7 heteroatoms. The molecule has 0 aliphatic heterocycles. The van der Waals surface area contributed by atoms with Gasteiger partial charge in [-0.15, -0.1) is 11.8 Å². The van der Waals surface area contributed by atoms with E-state index in [2.05, 4.69) is 5.32 Å². The predicted octanol–water partition coefficient (Wildman–Crippen LogP) is 5.02. The normalized spacial score (nSPS) is 13.0. The maximum atomic E-state index is 14.2. The smallest absolute Gasteiger partial charge is 0.320 e. The van der Waals surface area contributed by atoms with Gasteiger partial charge in [-0.05, 0) is 32.8 Å². The van der Waals surface area contributed by atoms with Gasteiger partial charge in [0, 0.05) is 16.9 Å². The lowest BCUT2D eigenvalue weighted by Gasteiger charge is -2.25. The predicted molar refractivity (Wildman–Crippen MR) is 100 cm³/mol. The van der Waals surface area contributed by atoms with Gasteiger partial charge in [0.25, 0.3) is 0 Å². The number of ether oxygens (including phenoxy) is 1. The molecule has 1 unspecified atom stereocenters. The third-order valence-corrected chi connectivity index (χ3v) is 4.86. The molecular weight excluding hydrogens is 360 g/mol. The van der Waals surface area contributed by atoms with Crippen LogP contribution in [0.4, 0.5) is 14.5 Å². The molecule has 0 heterocycles. The standard InChI is InChI=1S/C19H27F2NO3S/c1-10(2)16(18(24)25-19(5,6)7)26-15-9-14(12(20)8-13(15)21)22-17(23)11(3)4/h8-11,16H,1-7H3,(H,22,23). The minimum atomic E-state index is -0.862. The Hall–Kier alpha value is -1.63. The van der Waals surface area contributed by atoms with Crippen LogP contribution in [-0.2, 0) is 14.3 Å². The van der Waals surface area contributed by atoms with Crippen molar-refractivity contribution < 1.29 is 23.1 Å². The SMILES string of the molecule is CC(C)C(=O)Nc1cc(SC(C(=O)OC(C)(C)C)C(C)C)c(F)cc1F. The molecule has 4 nitrogen and oxygen atoms in total. The summed E-state index contributed by atoms with van der Waals surface area (Å²) in [5.41, 5.74) is -0.776. The Morgan fingerprint density at radius 3 is 2.12 bits per heavy atom. The lowest BCUT2D eigenvalue weighted by molar-refractivity contribution is -0.154. The van der Waals surface area contributed by atoms with E-state index in [0.717, 1.165) is 11.8 Å². The molecule has 1 rings (SSSR count). The Morgan fingerprint density at radius 1 is 1.08 bits per heavy atom. The van der Waals surface area contributed by atoms with Gasteiger partial charge in [-0.3, -0.25) is 9.59 Å². The minimum absolute atomic E-state index is 0.0787. The molecule has 0 aliphatic carbocycles. The average Bonchev–Trinajstić information content (AvgIpc) is 2.46. The number of esters is 1. The molecular formula is C19H27F2NO3S. The fourth-order valence-corrected chi connectivity index (χ4v) is 2.99. The van der Waals surface area contributed by atoms with Crippen LogP contribution < -0.4 is 5.32 Å². The maximum Gasteiger partial charge on any atom is 0.320 e. The molecule has 0 aromatic heterocycles. The zero-order chi connectivity index (χ0) is 20.2. The Morgan fingerprint density at radius 2 is 1.65 bits per heavy atom. The Bertz CT molecular complexity index is 669. The number of carbonyl (C=O) groups is 2. The molecule has 0 bridgehead atoms. The van der Waals surface area contributed by atoms with Crippen molar-refractivity contribution in [1.29, 1.82) is 0 Å². The summed E-state index contributed by atoms with van der Waals surface area (Å²) < 4.78 is 33.6. The first kappa shape index (κ1) is 22.4. The van der Waals surface area contributed by atoms with Crippen LogP contribution in [-0.4, -0.2) is 22.7 Å². The van der Waals surface area contributed by atoms with Gasteiger partial charge in [0.15, 0.2) is 0 Å².